The minimum atomic E-state index is 0.174. The standard InChI is InChI=1S/C20H29NO2/c1-4-9-16-14-18(20(22)21-11-7-8-12-21)15-17(10-5-2)19(16)23-13-6-3/h6,14-15H,3-5,7-13H2,1-2H3. The summed E-state index contributed by atoms with van der Waals surface area (Å²) in [6.45, 7) is 10.3. The lowest BCUT2D eigenvalue weighted by Gasteiger charge is -2.20. The van der Waals surface area contributed by atoms with Crippen molar-refractivity contribution in [2.24, 2.45) is 0 Å². The number of rotatable bonds is 8. The second-order valence-corrected chi connectivity index (χ2v) is 6.22. The third-order valence-electron chi connectivity index (χ3n) is 4.27. The molecule has 2 rings (SSSR count). The van der Waals surface area contributed by atoms with Gasteiger partial charge in [-0.25, -0.2) is 0 Å². The van der Waals surface area contributed by atoms with Crippen LogP contribution < -0.4 is 4.74 Å². The van der Waals surface area contributed by atoms with E-state index >= 15 is 0 Å². The van der Waals surface area contributed by atoms with Gasteiger partial charge in [0, 0.05) is 18.7 Å². The van der Waals surface area contributed by atoms with Gasteiger partial charge in [0.2, 0.25) is 0 Å². The van der Waals surface area contributed by atoms with Crippen molar-refractivity contribution in [1.82, 2.24) is 4.90 Å². The summed E-state index contributed by atoms with van der Waals surface area (Å²) in [5.41, 5.74) is 3.13. The Labute approximate surface area is 140 Å². The molecule has 1 aromatic carbocycles. The fourth-order valence-electron chi connectivity index (χ4n) is 3.22. The van der Waals surface area contributed by atoms with Crippen LogP contribution in [0, 0.1) is 0 Å². The molecule has 1 amide bonds. The highest BCUT2D eigenvalue weighted by atomic mass is 16.5. The highest BCUT2D eigenvalue weighted by Crippen LogP contribution is 2.30. The van der Waals surface area contributed by atoms with E-state index in [9.17, 15) is 4.79 Å². The Morgan fingerprint density at radius 3 is 2.22 bits per heavy atom. The van der Waals surface area contributed by atoms with Crippen LogP contribution >= 0.6 is 0 Å². The van der Waals surface area contributed by atoms with Gasteiger partial charge in [0.15, 0.2) is 0 Å². The number of ether oxygens (including phenoxy) is 1. The van der Waals surface area contributed by atoms with Gasteiger partial charge in [0.25, 0.3) is 5.91 Å². The third kappa shape index (κ3) is 4.37. The van der Waals surface area contributed by atoms with Crippen molar-refractivity contribution in [3.8, 4) is 5.75 Å². The second-order valence-electron chi connectivity index (χ2n) is 6.22. The molecule has 0 unspecified atom stereocenters. The second kappa shape index (κ2) is 8.76. The summed E-state index contributed by atoms with van der Waals surface area (Å²) < 4.78 is 5.94. The van der Waals surface area contributed by atoms with Crippen molar-refractivity contribution in [1.29, 1.82) is 0 Å². The predicted molar refractivity (Wildman–Crippen MR) is 95.3 cm³/mol. The molecule has 3 nitrogen and oxygen atoms in total. The van der Waals surface area contributed by atoms with Crippen molar-refractivity contribution in [2.75, 3.05) is 19.7 Å². The molecular weight excluding hydrogens is 286 g/mol. The van der Waals surface area contributed by atoms with Crippen LogP contribution in [-0.4, -0.2) is 30.5 Å². The van der Waals surface area contributed by atoms with Gasteiger partial charge in [-0.05, 0) is 48.9 Å². The molecule has 1 heterocycles. The molecule has 0 saturated carbocycles. The third-order valence-corrected chi connectivity index (χ3v) is 4.27. The summed E-state index contributed by atoms with van der Waals surface area (Å²) in [7, 11) is 0. The average molecular weight is 315 g/mol. The predicted octanol–water partition coefficient (Wildman–Crippen LogP) is 4.39. The van der Waals surface area contributed by atoms with E-state index in [1.807, 2.05) is 17.0 Å². The molecule has 0 aliphatic carbocycles. The molecule has 1 fully saturated rings. The molecule has 1 aliphatic heterocycles. The van der Waals surface area contributed by atoms with E-state index < -0.39 is 0 Å². The summed E-state index contributed by atoms with van der Waals surface area (Å²) in [6, 6.07) is 4.09. The molecule has 0 atom stereocenters. The van der Waals surface area contributed by atoms with Gasteiger partial charge in [-0.15, -0.1) is 0 Å². The Morgan fingerprint density at radius 1 is 1.17 bits per heavy atom. The molecule has 0 spiro atoms. The first kappa shape index (κ1) is 17.6. The molecule has 0 aromatic heterocycles. The van der Waals surface area contributed by atoms with E-state index in [-0.39, 0.29) is 5.91 Å². The summed E-state index contributed by atoms with van der Waals surface area (Å²) in [5.74, 6) is 1.14. The fourth-order valence-corrected chi connectivity index (χ4v) is 3.22. The Morgan fingerprint density at radius 2 is 1.74 bits per heavy atom. The minimum Gasteiger partial charge on any atom is -0.489 e. The lowest BCUT2D eigenvalue weighted by atomic mass is 9.97. The van der Waals surface area contributed by atoms with Crippen molar-refractivity contribution in [3.63, 3.8) is 0 Å². The fraction of sp³-hybridized carbons (Fsp3) is 0.550. The van der Waals surface area contributed by atoms with Gasteiger partial charge in [-0.2, -0.15) is 0 Å². The number of carbonyl (C=O) groups excluding carboxylic acids is 1. The molecule has 126 valence electrons. The lowest BCUT2D eigenvalue weighted by molar-refractivity contribution is 0.0792. The van der Waals surface area contributed by atoms with Crippen molar-refractivity contribution in [3.05, 3.63) is 41.5 Å². The number of hydrogen-bond donors (Lipinski definition) is 0. The maximum Gasteiger partial charge on any atom is 0.253 e. The molecule has 23 heavy (non-hydrogen) atoms. The molecule has 0 bridgehead atoms. The van der Waals surface area contributed by atoms with E-state index in [0.717, 1.165) is 74.1 Å². The molecule has 1 saturated heterocycles. The first-order valence-corrected chi connectivity index (χ1v) is 8.90. The van der Waals surface area contributed by atoms with Gasteiger partial charge in [0.1, 0.15) is 12.4 Å². The number of benzene rings is 1. The van der Waals surface area contributed by atoms with Crippen LogP contribution in [0.4, 0.5) is 0 Å². The summed E-state index contributed by atoms with van der Waals surface area (Å²) in [6.07, 6.45) is 7.96. The number of likely N-dealkylation sites (tertiary alicyclic amines) is 1. The van der Waals surface area contributed by atoms with Gasteiger partial charge >= 0.3 is 0 Å². The molecule has 0 N–H and O–H groups in total. The SMILES string of the molecule is C=CCOc1c(CCC)cc(C(=O)N2CCCC2)cc1CCC. The van der Waals surface area contributed by atoms with E-state index in [0.29, 0.717) is 6.61 Å². The molecule has 3 heteroatoms. The van der Waals surface area contributed by atoms with Crippen LogP contribution in [0.1, 0.15) is 61.0 Å². The summed E-state index contributed by atoms with van der Waals surface area (Å²) in [5, 5.41) is 0. The first-order valence-electron chi connectivity index (χ1n) is 8.90. The van der Waals surface area contributed by atoms with E-state index in [1.165, 1.54) is 0 Å². The van der Waals surface area contributed by atoms with Crippen LogP contribution in [0.2, 0.25) is 0 Å². The van der Waals surface area contributed by atoms with Crippen molar-refractivity contribution in [2.45, 2.75) is 52.4 Å². The molecule has 0 radical (unpaired) electrons. The van der Waals surface area contributed by atoms with Gasteiger partial charge in [-0.3, -0.25) is 4.79 Å². The normalized spacial score (nSPS) is 14.1. The first-order chi connectivity index (χ1) is 11.2. The van der Waals surface area contributed by atoms with Gasteiger partial charge in [-0.1, -0.05) is 39.3 Å². The van der Waals surface area contributed by atoms with E-state index in [1.54, 1.807) is 6.08 Å². The maximum absolute atomic E-state index is 12.8. The van der Waals surface area contributed by atoms with E-state index in [2.05, 4.69) is 20.4 Å². The molecule has 1 aromatic rings. The minimum absolute atomic E-state index is 0.174. The highest BCUT2D eigenvalue weighted by Gasteiger charge is 2.22. The largest absolute Gasteiger partial charge is 0.489 e. The van der Waals surface area contributed by atoms with Crippen LogP contribution in [0.3, 0.4) is 0 Å². The Kier molecular flexibility index (Phi) is 6.69. The quantitative estimate of drug-likeness (QED) is 0.666. The van der Waals surface area contributed by atoms with Gasteiger partial charge in [0.05, 0.1) is 0 Å². The number of hydrogen-bond acceptors (Lipinski definition) is 2. The molecular formula is C20H29NO2. The maximum atomic E-state index is 12.8. The topological polar surface area (TPSA) is 29.5 Å². The number of aryl methyl sites for hydroxylation is 2. The Hall–Kier alpha value is -1.77. The lowest BCUT2D eigenvalue weighted by Crippen LogP contribution is -2.27. The zero-order valence-corrected chi connectivity index (χ0v) is 14.6. The van der Waals surface area contributed by atoms with Crippen LogP contribution in [0.5, 0.6) is 5.75 Å². The number of carbonyl (C=O) groups is 1. The average Bonchev–Trinajstić information content (AvgIpc) is 3.08. The van der Waals surface area contributed by atoms with E-state index in [4.69, 9.17) is 4.74 Å². The Bertz CT molecular complexity index is 518. The van der Waals surface area contributed by atoms with Crippen LogP contribution in [0.25, 0.3) is 0 Å². The van der Waals surface area contributed by atoms with Crippen LogP contribution in [-0.2, 0) is 12.8 Å². The molecule has 1 aliphatic rings. The van der Waals surface area contributed by atoms with Crippen LogP contribution in [0.15, 0.2) is 24.8 Å². The van der Waals surface area contributed by atoms with Crippen molar-refractivity contribution < 1.29 is 9.53 Å². The zero-order chi connectivity index (χ0) is 16.7. The smallest absolute Gasteiger partial charge is 0.253 e. The number of amides is 1. The monoisotopic (exact) mass is 315 g/mol. The zero-order valence-electron chi connectivity index (χ0n) is 14.6. The van der Waals surface area contributed by atoms with Crippen molar-refractivity contribution >= 4 is 5.91 Å². The highest BCUT2D eigenvalue weighted by molar-refractivity contribution is 5.95. The number of nitrogens with zero attached hydrogens (tertiary/aromatic N) is 1. The Balaban J connectivity index is 2.38. The summed E-state index contributed by atoms with van der Waals surface area (Å²) in [4.78, 5) is 14.7. The summed E-state index contributed by atoms with van der Waals surface area (Å²) >= 11 is 0. The van der Waals surface area contributed by atoms with Gasteiger partial charge < -0.3 is 9.64 Å².